The fourth-order valence-corrected chi connectivity index (χ4v) is 1.99. The highest BCUT2D eigenvalue weighted by atomic mass is 32.2. The van der Waals surface area contributed by atoms with Gasteiger partial charge < -0.3 is 10.4 Å². The van der Waals surface area contributed by atoms with Crippen LogP contribution in [0.25, 0.3) is 0 Å². The van der Waals surface area contributed by atoms with Crippen LogP contribution in [-0.4, -0.2) is 35.5 Å². The first-order valence-corrected chi connectivity index (χ1v) is 7.06. The van der Waals surface area contributed by atoms with Crippen molar-refractivity contribution in [3.8, 4) is 0 Å². The van der Waals surface area contributed by atoms with Crippen LogP contribution in [0.15, 0.2) is 18.2 Å². The molecular weight excluding hydrogens is 250 g/mol. The minimum absolute atomic E-state index is 0.143. The first-order chi connectivity index (χ1) is 8.54. The summed E-state index contributed by atoms with van der Waals surface area (Å²) in [6, 6.07) is 4.64. The Bertz CT molecular complexity index is 446. The predicted octanol–water partition coefficient (Wildman–Crippen LogP) is 2.18. The molecule has 1 rings (SSSR count). The maximum Gasteiger partial charge on any atom is 0.335 e. The summed E-state index contributed by atoms with van der Waals surface area (Å²) in [5, 5.41) is 11.7. The summed E-state index contributed by atoms with van der Waals surface area (Å²) in [6.45, 7) is 2.38. The number of hydrogen-bond acceptors (Lipinski definition) is 3. The summed E-state index contributed by atoms with van der Waals surface area (Å²) in [7, 11) is 0. The SMILES string of the molecule is CSCCCNC(=O)c1cc(C)cc(C(=O)O)c1. The average molecular weight is 267 g/mol. The standard InChI is InChI=1S/C13H17NO3S/c1-9-6-10(8-11(7-9)13(16)17)12(15)14-4-3-5-18-2/h6-8H,3-5H2,1-2H3,(H,14,15)(H,16,17). The molecule has 0 saturated heterocycles. The van der Waals surface area contributed by atoms with Gasteiger partial charge >= 0.3 is 5.97 Å². The van der Waals surface area contributed by atoms with Gasteiger partial charge in [0.25, 0.3) is 5.91 Å². The lowest BCUT2D eigenvalue weighted by Gasteiger charge is -2.06. The number of carbonyl (C=O) groups excluding carboxylic acids is 1. The van der Waals surface area contributed by atoms with Crippen molar-refractivity contribution in [1.82, 2.24) is 5.32 Å². The number of benzene rings is 1. The van der Waals surface area contributed by atoms with E-state index < -0.39 is 5.97 Å². The van der Waals surface area contributed by atoms with E-state index in [-0.39, 0.29) is 11.5 Å². The minimum Gasteiger partial charge on any atom is -0.478 e. The Labute approximate surface area is 111 Å². The van der Waals surface area contributed by atoms with Gasteiger partial charge in [0.2, 0.25) is 0 Å². The van der Waals surface area contributed by atoms with E-state index in [2.05, 4.69) is 5.32 Å². The largest absolute Gasteiger partial charge is 0.478 e. The monoisotopic (exact) mass is 267 g/mol. The molecule has 0 aliphatic heterocycles. The number of aryl methyl sites for hydroxylation is 1. The number of aromatic carboxylic acids is 1. The smallest absolute Gasteiger partial charge is 0.335 e. The van der Waals surface area contributed by atoms with Crippen LogP contribution < -0.4 is 5.32 Å². The molecule has 0 saturated carbocycles. The number of carboxylic acids is 1. The highest BCUT2D eigenvalue weighted by Gasteiger charge is 2.10. The van der Waals surface area contributed by atoms with Crippen molar-refractivity contribution >= 4 is 23.6 Å². The zero-order valence-electron chi connectivity index (χ0n) is 10.5. The maximum absolute atomic E-state index is 11.8. The van der Waals surface area contributed by atoms with E-state index in [4.69, 9.17) is 5.11 Å². The molecular formula is C13H17NO3S. The van der Waals surface area contributed by atoms with E-state index in [9.17, 15) is 9.59 Å². The third-order valence-electron chi connectivity index (χ3n) is 2.40. The lowest BCUT2D eigenvalue weighted by atomic mass is 10.1. The molecule has 4 nitrogen and oxygen atoms in total. The first kappa shape index (κ1) is 14.6. The second kappa shape index (κ2) is 7.06. The molecule has 0 atom stereocenters. The Morgan fingerprint density at radius 1 is 1.28 bits per heavy atom. The van der Waals surface area contributed by atoms with Crippen molar-refractivity contribution in [2.75, 3.05) is 18.6 Å². The second-order valence-corrected chi connectivity index (χ2v) is 4.98. The molecule has 0 bridgehead atoms. The number of hydrogen-bond donors (Lipinski definition) is 2. The highest BCUT2D eigenvalue weighted by Crippen LogP contribution is 2.10. The van der Waals surface area contributed by atoms with Gasteiger partial charge in [-0.3, -0.25) is 4.79 Å². The van der Waals surface area contributed by atoms with E-state index in [0.717, 1.165) is 17.7 Å². The van der Waals surface area contributed by atoms with Crippen LogP contribution in [0.3, 0.4) is 0 Å². The van der Waals surface area contributed by atoms with E-state index in [1.165, 1.54) is 6.07 Å². The summed E-state index contributed by atoms with van der Waals surface area (Å²) in [5.74, 6) is -0.244. The van der Waals surface area contributed by atoms with E-state index >= 15 is 0 Å². The van der Waals surface area contributed by atoms with Gasteiger partial charge in [0.15, 0.2) is 0 Å². The Balaban J connectivity index is 2.70. The first-order valence-electron chi connectivity index (χ1n) is 5.66. The fraction of sp³-hybridized carbons (Fsp3) is 0.385. The van der Waals surface area contributed by atoms with Gasteiger partial charge in [-0.05, 0) is 49.1 Å². The zero-order valence-corrected chi connectivity index (χ0v) is 11.3. The molecule has 0 radical (unpaired) electrons. The number of thioether (sulfide) groups is 1. The number of rotatable bonds is 6. The number of carboxylic acid groups (broad SMARTS) is 1. The van der Waals surface area contributed by atoms with Crippen molar-refractivity contribution < 1.29 is 14.7 Å². The molecule has 18 heavy (non-hydrogen) atoms. The molecule has 98 valence electrons. The van der Waals surface area contributed by atoms with Gasteiger partial charge in [-0.2, -0.15) is 11.8 Å². The third kappa shape index (κ3) is 4.41. The average Bonchev–Trinajstić information content (AvgIpc) is 2.33. The van der Waals surface area contributed by atoms with E-state index in [1.807, 2.05) is 6.26 Å². The molecule has 0 unspecified atom stereocenters. The van der Waals surface area contributed by atoms with E-state index in [1.54, 1.807) is 30.8 Å². The van der Waals surface area contributed by atoms with Crippen LogP contribution in [0.2, 0.25) is 0 Å². The summed E-state index contributed by atoms with van der Waals surface area (Å²) in [4.78, 5) is 22.7. The van der Waals surface area contributed by atoms with Crippen molar-refractivity contribution in [2.24, 2.45) is 0 Å². The molecule has 1 amide bonds. The van der Waals surface area contributed by atoms with Crippen LogP contribution in [0.1, 0.15) is 32.7 Å². The number of nitrogens with one attached hydrogen (secondary N) is 1. The highest BCUT2D eigenvalue weighted by molar-refractivity contribution is 7.98. The topological polar surface area (TPSA) is 66.4 Å². The molecule has 0 fully saturated rings. The van der Waals surface area contributed by atoms with Crippen LogP contribution >= 0.6 is 11.8 Å². The quantitative estimate of drug-likeness (QED) is 0.775. The summed E-state index contributed by atoms with van der Waals surface area (Å²) >= 11 is 1.73. The summed E-state index contributed by atoms with van der Waals surface area (Å²) in [5.41, 5.74) is 1.31. The summed E-state index contributed by atoms with van der Waals surface area (Å²) in [6.07, 6.45) is 2.92. The Morgan fingerprint density at radius 3 is 2.56 bits per heavy atom. The van der Waals surface area contributed by atoms with Crippen molar-refractivity contribution in [3.05, 3.63) is 34.9 Å². The molecule has 0 aliphatic carbocycles. The van der Waals surface area contributed by atoms with Crippen LogP contribution in [0.4, 0.5) is 0 Å². The Kier molecular flexibility index (Phi) is 5.71. The Hall–Kier alpha value is -1.49. The summed E-state index contributed by atoms with van der Waals surface area (Å²) < 4.78 is 0. The van der Waals surface area contributed by atoms with Crippen molar-refractivity contribution in [2.45, 2.75) is 13.3 Å². The molecule has 1 aromatic rings. The second-order valence-electron chi connectivity index (χ2n) is 4.00. The lowest BCUT2D eigenvalue weighted by Crippen LogP contribution is -2.25. The van der Waals surface area contributed by atoms with E-state index in [0.29, 0.717) is 12.1 Å². The molecule has 5 heteroatoms. The van der Waals surface area contributed by atoms with Crippen LogP contribution in [0, 0.1) is 6.92 Å². The minimum atomic E-state index is -1.02. The molecule has 1 aromatic carbocycles. The zero-order chi connectivity index (χ0) is 13.5. The van der Waals surface area contributed by atoms with Gasteiger partial charge in [-0.15, -0.1) is 0 Å². The van der Waals surface area contributed by atoms with Crippen LogP contribution in [0.5, 0.6) is 0 Å². The van der Waals surface area contributed by atoms with Crippen LogP contribution in [-0.2, 0) is 0 Å². The third-order valence-corrected chi connectivity index (χ3v) is 3.09. The molecule has 2 N–H and O–H groups in total. The van der Waals surface area contributed by atoms with Crippen molar-refractivity contribution in [3.63, 3.8) is 0 Å². The van der Waals surface area contributed by atoms with Crippen molar-refractivity contribution in [1.29, 1.82) is 0 Å². The molecule has 0 heterocycles. The normalized spacial score (nSPS) is 10.1. The molecule has 0 aromatic heterocycles. The lowest BCUT2D eigenvalue weighted by molar-refractivity contribution is 0.0696. The van der Waals surface area contributed by atoms with Gasteiger partial charge in [0.05, 0.1) is 5.56 Å². The van der Waals surface area contributed by atoms with Gasteiger partial charge in [-0.25, -0.2) is 4.79 Å². The van der Waals surface area contributed by atoms with Gasteiger partial charge in [0.1, 0.15) is 0 Å². The fourth-order valence-electron chi connectivity index (χ4n) is 1.56. The maximum atomic E-state index is 11.8. The predicted molar refractivity (Wildman–Crippen MR) is 73.5 cm³/mol. The number of amides is 1. The number of carbonyl (C=O) groups is 2. The molecule has 0 aliphatic rings. The van der Waals surface area contributed by atoms with Gasteiger partial charge in [0, 0.05) is 12.1 Å². The Morgan fingerprint density at radius 2 is 1.94 bits per heavy atom. The van der Waals surface area contributed by atoms with Gasteiger partial charge in [-0.1, -0.05) is 0 Å². The molecule has 0 spiro atoms.